The van der Waals surface area contributed by atoms with E-state index in [2.05, 4.69) is 6.92 Å². The molecule has 2 N–H and O–H groups in total. The Bertz CT molecular complexity index is 742. The van der Waals surface area contributed by atoms with Crippen molar-refractivity contribution in [2.45, 2.75) is 62.8 Å². The number of fused-ring (bicyclic) bond motifs is 5. The maximum Gasteiger partial charge on any atom is 0.190 e. The van der Waals surface area contributed by atoms with Crippen LogP contribution in [0.2, 0.25) is 0 Å². The van der Waals surface area contributed by atoms with Gasteiger partial charge in [-0.3, -0.25) is 9.59 Å². The number of allylic oxidation sites excluding steroid dienone is 4. The van der Waals surface area contributed by atoms with Crippen LogP contribution in [0, 0.1) is 22.7 Å². The first-order valence-corrected chi connectivity index (χ1v) is 10.00. The summed E-state index contributed by atoms with van der Waals surface area (Å²) in [6.07, 6.45) is 9.51. The van der Waals surface area contributed by atoms with Gasteiger partial charge in [0.15, 0.2) is 11.6 Å². The summed E-state index contributed by atoms with van der Waals surface area (Å²) in [6.45, 7) is 3.51. The molecule has 0 heterocycles. The first-order valence-electron chi connectivity index (χ1n) is 9.62. The molecule has 0 unspecified atom stereocenters. The van der Waals surface area contributed by atoms with Crippen LogP contribution in [0.5, 0.6) is 0 Å². The van der Waals surface area contributed by atoms with E-state index in [9.17, 15) is 19.8 Å². The number of hydrogen-bond acceptors (Lipinski definition) is 4. The minimum absolute atomic E-state index is 0.0284. The van der Waals surface area contributed by atoms with E-state index in [1.807, 2.05) is 13.0 Å². The molecule has 0 aromatic rings. The Balaban J connectivity index is 1.75. The average molecular weight is 379 g/mol. The Morgan fingerprint density at radius 2 is 1.96 bits per heavy atom. The molecule has 0 spiro atoms. The van der Waals surface area contributed by atoms with Gasteiger partial charge in [0.25, 0.3) is 0 Å². The average Bonchev–Trinajstić information content (AvgIpc) is 2.88. The number of ketones is 2. The molecule has 3 fully saturated rings. The lowest BCUT2D eigenvalue weighted by atomic mass is 9.46. The molecule has 0 aromatic heterocycles. The molecule has 0 saturated heterocycles. The summed E-state index contributed by atoms with van der Waals surface area (Å²) in [5, 5.41) is 20.6. The Labute approximate surface area is 159 Å². The summed E-state index contributed by atoms with van der Waals surface area (Å²) >= 11 is 7.36. The number of Topliss-reactive ketones (excluding diaryl/α,β-unsaturated/α-hetero) is 1. The molecule has 142 valence electrons. The fourth-order valence-electron chi connectivity index (χ4n) is 6.70. The molecule has 5 heteroatoms. The number of hydrogen-bond donors (Lipinski definition) is 2. The molecule has 6 atom stereocenters. The second-order valence-electron chi connectivity index (χ2n) is 9.12. The Hall–Kier alpha value is -0.970. The van der Waals surface area contributed by atoms with Crippen LogP contribution in [-0.4, -0.2) is 38.9 Å². The smallest absolute Gasteiger partial charge is 0.190 e. The van der Waals surface area contributed by atoms with Gasteiger partial charge in [-0.25, -0.2) is 0 Å². The molecule has 4 nitrogen and oxygen atoms in total. The predicted molar refractivity (Wildman–Crippen MR) is 98.8 cm³/mol. The molecule has 0 amide bonds. The molecule has 0 aromatic carbocycles. The van der Waals surface area contributed by atoms with E-state index in [0.29, 0.717) is 19.3 Å². The number of aliphatic hydroxyl groups excluding tert-OH is 1. The zero-order valence-corrected chi connectivity index (χ0v) is 16.2. The highest BCUT2D eigenvalue weighted by molar-refractivity contribution is 6.25. The summed E-state index contributed by atoms with van der Waals surface area (Å²) in [5.41, 5.74) is -1.27. The summed E-state index contributed by atoms with van der Waals surface area (Å²) in [6, 6.07) is 0. The van der Waals surface area contributed by atoms with E-state index < -0.39 is 28.3 Å². The minimum atomic E-state index is -1.46. The fraction of sp³-hybridized carbons (Fsp3) is 0.714. The van der Waals surface area contributed by atoms with Crippen LogP contribution in [0.4, 0.5) is 0 Å². The zero-order chi connectivity index (χ0) is 19.0. The van der Waals surface area contributed by atoms with Crippen LogP contribution in [0.1, 0.15) is 52.4 Å². The summed E-state index contributed by atoms with van der Waals surface area (Å²) in [7, 11) is 0. The van der Waals surface area contributed by atoms with Crippen LogP contribution in [0.15, 0.2) is 23.8 Å². The van der Waals surface area contributed by atoms with Crippen LogP contribution in [0.25, 0.3) is 0 Å². The number of rotatable bonds is 2. The summed E-state index contributed by atoms with van der Waals surface area (Å²) in [5.74, 6) is -0.127. The lowest BCUT2D eigenvalue weighted by Gasteiger charge is -2.62. The molecule has 0 bridgehead atoms. The van der Waals surface area contributed by atoms with Crippen molar-refractivity contribution in [2.24, 2.45) is 22.7 Å². The standard InChI is InChI=1S/C21H27ClO4/c1-18-7-5-14(24)11-13(18)3-4-16-15-6-8-21(26,17(25)12-23)19(15,2)9-10-20(16,18)22/h5,7,11,15-16,23,26H,3-4,6,8-10,12H2,1-2H3/t15-,16-,18-,19-,20+,21-/m0/s1. The first kappa shape index (κ1) is 18.4. The van der Waals surface area contributed by atoms with E-state index in [1.54, 1.807) is 12.2 Å². The lowest BCUT2D eigenvalue weighted by molar-refractivity contribution is -0.162. The van der Waals surface area contributed by atoms with E-state index in [-0.39, 0.29) is 23.0 Å². The molecule has 4 rings (SSSR count). The Kier molecular flexibility index (Phi) is 3.91. The van der Waals surface area contributed by atoms with Gasteiger partial charge in [-0.2, -0.15) is 0 Å². The van der Waals surface area contributed by atoms with Gasteiger partial charge in [0.05, 0.1) is 4.87 Å². The van der Waals surface area contributed by atoms with Gasteiger partial charge in [-0.1, -0.05) is 25.5 Å². The largest absolute Gasteiger partial charge is 0.388 e. The van der Waals surface area contributed by atoms with E-state index in [0.717, 1.165) is 24.8 Å². The quantitative estimate of drug-likeness (QED) is 0.724. The van der Waals surface area contributed by atoms with Gasteiger partial charge in [0.2, 0.25) is 0 Å². The number of aliphatic hydroxyl groups is 2. The third-order valence-electron chi connectivity index (χ3n) is 8.42. The molecule has 4 aliphatic rings. The highest BCUT2D eigenvalue weighted by Crippen LogP contribution is 2.70. The van der Waals surface area contributed by atoms with Crippen molar-refractivity contribution in [3.63, 3.8) is 0 Å². The van der Waals surface area contributed by atoms with Gasteiger partial charge in [0, 0.05) is 10.8 Å². The van der Waals surface area contributed by atoms with E-state index in [4.69, 9.17) is 11.6 Å². The Morgan fingerprint density at radius 1 is 1.23 bits per heavy atom. The topological polar surface area (TPSA) is 74.6 Å². The molecular weight excluding hydrogens is 352 g/mol. The maximum absolute atomic E-state index is 12.4. The predicted octanol–water partition coefficient (Wildman–Crippen LogP) is 2.95. The van der Waals surface area contributed by atoms with E-state index >= 15 is 0 Å². The molecule has 26 heavy (non-hydrogen) atoms. The zero-order valence-electron chi connectivity index (χ0n) is 15.4. The SMILES string of the molecule is C[C@]12C=CC(=O)C=C1CC[C@H]1[C@@H]3CC[C@](O)(C(=O)CO)[C@@]3(C)CC[C@@]12Cl. The van der Waals surface area contributed by atoms with Crippen LogP contribution in [-0.2, 0) is 9.59 Å². The highest BCUT2D eigenvalue weighted by atomic mass is 35.5. The number of carbonyl (C=O) groups is 2. The second-order valence-corrected chi connectivity index (χ2v) is 9.79. The van der Waals surface area contributed by atoms with Crippen LogP contribution < -0.4 is 0 Å². The number of halogens is 1. The van der Waals surface area contributed by atoms with Crippen molar-refractivity contribution in [1.82, 2.24) is 0 Å². The third-order valence-corrected chi connectivity index (χ3v) is 9.28. The molecule has 0 aliphatic heterocycles. The van der Waals surface area contributed by atoms with Gasteiger partial charge in [-0.05, 0) is 62.5 Å². The molecule has 3 saturated carbocycles. The third kappa shape index (κ3) is 1.99. The minimum Gasteiger partial charge on any atom is -0.388 e. The Morgan fingerprint density at radius 3 is 2.65 bits per heavy atom. The van der Waals surface area contributed by atoms with Gasteiger partial charge >= 0.3 is 0 Å². The van der Waals surface area contributed by atoms with Gasteiger partial charge in [-0.15, -0.1) is 11.6 Å². The van der Waals surface area contributed by atoms with Crippen molar-refractivity contribution >= 4 is 23.2 Å². The monoisotopic (exact) mass is 378 g/mol. The van der Waals surface area contributed by atoms with Crippen LogP contribution >= 0.6 is 11.6 Å². The van der Waals surface area contributed by atoms with Gasteiger partial charge < -0.3 is 10.2 Å². The fourth-order valence-corrected chi connectivity index (χ4v) is 7.24. The van der Waals surface area contributed by atoms with Crippen molar-refractivity contribution in [3.05, 3.63) is 23.8 Å². The summed E-state index contributed by atoms with van der Waals surface area (Å²) < 4.78 is 0. The number of alkyl halides is 1. The molecule has 4 aliphatic carbocycles. The molecule has 0 radical (unpaired) electrons. The van der Waals surface area contributed by atoms with Crippen molar-refractivity contribution < 1.29 is 19.8 Å². The highest BCUT2D eigenvalue weighted by Gasteiger charge is 2.69. The maximum atomic E-state index is 12.4. The van der Waals surface area contributed by atoms with Crippen molar-refractivity contribution in [2.75, 3.05) is 6.61 Å². The van der Waals surface area contributed by atoms with Gasteiger partial charge in [0.1, 0.15) is 12.2 Å². The summed E-state index contributed by atoms with van der Waals surface area (Å²) in [4.78, 5) is 23.7. The second kappa shape index (κ2) is 5.52. The van der Waals surface area contributed by atoms with Crippen LogP contribution in [0.3, 0.4) is 0 Å². The molecular formula is C21H27ClO4. The lowest BCUT2D eigenvalue weighted by Crippen LogP contribution is -2.63. The van der Waals surface area contributed by atoms with E-state index in [1.165, 1.54) is 0 Å². The normalized spacial score (nSPS) is 49.9. The number of carbonyl (C=O) groups excluding carboxylic acids is 2. The first-order chi connectivity index (χ1) is 12.1. The van der Waals surface area contributed by atoms with Crippen molar-refractivity contribution in [1.29, 1.82) is 0 Å². The van der Waals surface area contributed by atoms with Crippen molar-refractivity contribution in [3.8, 4) is 0 Å².